The lowest BCUT2D eigenvalue weighted by Gasteiger charge is -2.29. The van der Waals surface area contributed by atoms with Crippen LogP contribution in [0.15, 0.2) is 47.6 Å². The average Bonchev–Trinajstić information content (AvgIpc) is 2.96. The Morgan fingerprint density at radius 1 is 1.07 bits per heavy atom. The Balaban J connectivity index is 1.75. The molecule has 0 bridgehead atoms. The molecule has 29 heavy (non-hydrogen) atoms. The summed E-state index contributed by atoms with van der Waals surface area (Å²) < 4.78 is 43.0. The van der Waals surface area contributed by atoms with Gasteiger partial charge in [0.05, 0.1) is 33.8 Å². The summed E-state index contributed by atoms with van der Waals surface area (Å²) in [4.78, 5) is 10.7. The predicted octanol–water partition coefficient (Wildman–Crippen LogP) is 5.90. The van der Waals surface area contributed by atoms with Crippen molar-refractivity contribution in [1.29, 1.82) is 0 Å². The van der Waals surface area contributed by atoms with E-state index < -0.39 is 6.36 Å². The first-order valence-electron chi connectivity index (χ1n) is 8.42. The molecule has 0 saturated heterocycles. The Hall–Kier alpha value is -2.71. The standard InChI is InChI=1S/C19H13Cl2F3N4O/c1-11-26-16-8-14(20)15(21)9-17(16)28(11)18-10-25-6-7-27(18)12-2-4-13(5-3-12)29-19(22,23)24/h2-6,8-10H,7H2,1H3. The number of anilines is 1. The quantitative estimate of drug-likeness (QED) is 0.509. The SMILES string of the molecule is Cc1nc2cc(Cl)c(Cl)cc2n1C1=CN=CCN1c1ccc(OC(F)(F)F)cc1. The molecule has 150 valence electrons. The van der Waals surface area contributed by atoms with Gasteiger partial charge >= 0.3 is 6.36 Å². The molecule has 0 atom stereocenters. The van der Waals surface area contributed by atoms with E-state index in [-0.39, 0.29) is 5.75 Å². The van der Waals surface area contributed by atoms with E-state index in [1.807, 2.05) is 16.4 Å². The number of nitrogens with zero attached hydrogens (tertiary/aromatic N) is 4. The number of alkyl halides is 3. The molecule has 0 N–H and O–H groups in total. The summed E-state index contributed by atoms with van der Waals surface area (Å²) in [5.41, 5.74) is 2.07. The third-order valence-electron chi connectivity index (χ3n) is 4.31. The first kappa shape index (κ1) is 19.6. The van der Waals surface area contributed by atoms with Crippen molar-refractivity contribution in [2.45, 2.75) is 13.3 Å². The van der Waals surface area contributed by atoms with E-state index in [0.29, 0.717) is 39.4 Å². The number of benzene rings is 2. The molecule has 2 aromatic carbocycles. The number of aryl methyl sites for hydroxylation is 1. The fourth-order valence-corrected chi connectivity index (χ4v) is 3.45. The van der Waals surface area contributed by atoms with E-state index >= 15 is 0 Å². The predicted molar refractivity (Wildman–Crippen MR) is 108 cm³/mol. The van der Waals surface area contributed by atoms with Gasteiger partial charge in [0.25, 0.3) is 0 Å². The van der Waals surface area contributed by atoms with Gasteiger partial charge in [-0.1, -0.05) is 23.2 Å². The normalized spacial score (nSPS) is 14.4. The van der Waals surface area contributed by atoms with Gasteiger partial charge in [0, 0.05) is 11.9 Å². The lowest BCUT2D eigenvalue weighted by Crippen LogP contribution is -2.29. The highest BCUT2D eigenvalue weighted by Gasteiger charge is 2.31. The largest absolute Gasteiger partial charge is 0.573 e. The molecule has 3 aromatic rings. The molecule has 0 radical (unpaired) electrons. The second-order valence-corrected chi connectivity index (χ2v) is 7.04. The molecule has 0 saturated carbocycles. The maximum absolute atomic E-state index is 12.4. The third kappa shape index (κ3) is 3.90. The van der Waals surface area contributed by atoms with Crippen LogP contribution in [0.25, 0.3) is 16.9 Å². The first-order valence-corrected chi connectivity index (χ1v) is 9.18. The van der Waals surface area contributed by atoms with Crippen LogP contribution in [0, 0.1) is 6.92 Å². The molecule has 0 fully saturated rings. The number of hydrogen-bond donors (Lipinski definition) is 0. The maximum atomic E-state index is 12.4. The van der Waals surface area contributed by atoms with Crippen LogP contribution in [0.3, 0.4) is 0 Å². The molecule has 1 aliphatic rings. The van der Waals surface area contributed by atoms with Gasteiger partial charge in [-0.05, 0) is 43.3 Å². The van der Waals surface area contributed by atoms with Crippen molar-refractivity contribution < 1.29 is 17.9 Å². The number of halogens is 5. The summed E-state index contributed by atoms with van der Waals surface area (Å²) in [6.45, 7) is 2.26. The fourth-order valence-electron chi connectivity index (χ4n) is 3.14. The minimum absolute atomic E-state index is 0.289. The van der Waals surface area contributed by atoms with Gasteiger partial charge in [-0.2, -0.15) is 0 Å². The van der Waals surface area contributed by atoms with E-state index in [1.165, 1.54) is 12.1 Å². The summed E-state index contributed by atoms with van der Waals surface area (Å²) >= 11 is 12.3. The molecule has 2 heterocycles. The zero-order chi connectivity index (χ0) is 20.8. The molecule has 0 aliphatic carbocycles. The molecule has 0 unspecified atom stereocenters. The van der Waals surface area contributed by atoms with E-state index in [0.717, 1.165) is 5.52 Å². The number of ether oxygens (including phenoxy) is 1. The van der Waals surface area contributed by atoms with Crippen molar-refractivity contribution in [3.63, 3.8) is 0 Å². The number of imidazole rings is 1. The third-order valence-corrected chi connectivity index (χ3v) is 5.03. The Kier molecular flexibility index (Phi) is 4.92. The van der Waals surface area contributed by atoms with E-state index in [1.54, 1.807) is 36.7 Å². The Morgan fingerprint density at radius 3 is 2.45 bits per heavy atom. The lowest BCUT2D eigenvalue weighted by molar-refractivity contribution is -0.274. The molecule has 0 amide bonds. The Bertz CT molecular complexity index is 1140. The van der Waals surface area contributed by atoms with Gasteiger partial charge in [0.1, 0.15) is 17.4 Å². The second kappa shape index (κ2) is 7.27. The maximum Gasteiger partial charge on any atom is 0.573 e. The summed E-state index contributed by atoms with van der Waals surface area (Å²) in [6.07, 6.45) is -1.39. The molecule has 1 aliphatic heterocycles. The van der Waals surface area contributed by atoms with Gasteiger partial charge in [0.2, 0.25) is 0 Å². The van der Waals surface area contributed by atoms with E-state index in [4.69, 9.17) is 23.2 Å². The average molecular weight is 441 g/mol. The van der Waals surface area contributed by atoms with Crippen LogP contribution in [0.5, 0.6) is 5.75 Å². The van der Waals surface area contributed by atoms with Crippen LogP contribution < -0.4 is 9.64 Å². The summed E-state index contributed by atoms with van der Waals surface area (Å²) in [6, 6.07) is 9.03. The topological polar surface area (TPSA) is 42.7 Å². The monoisotopic (exact) mass is 440 g/mol. The molecule has 4 rings (SSSR count). The number of aromatic nitrogens is 2. The highest BCUT2D eigenvalue weighted by Crippen LogP contribution is 2.33. The van der Waals surface area contributed by atoms with Crippen molar-refractivity contribution >= 4 is 52.0 Å². The highest BCUT2D eigenvalue weighted by atomic mass is 35.5. The molecular formula is C19H13Cl2F3N4O. The highest BCUT2D eigenvalue weighted by molar-refractivity contribution is 6.42. The van der Waals surface area contributed by atoms with Gasteiger partial charge in [0.15, 0.2) is 0 Å². The summed E-state index contributed by atoms with van der Waals surface area (Å²) in [5, 5.41) is 0.789. The Labute approximate surface area is 173 Å². The van der Waals surface area contributed by atoms with Gasteiger partial charge < -0.3 is 9.64 Å². The first-order chi connectivity index (χ1) is 13.7. The van der Waals surface area contributed by atoms with Crippen molar-refractivity contribution in [2.24, 2.45) is 4.99 Å². The lowest BCUT2D eigenvalue weighted by atomic mass is 10.2. The van der Waals surface area contributed by atoms with Gasteiger partial charge in [-0.15, -0.1) is 13.2 Å². The summed E-state index contributed by atoms with van der Waals surface area (Å²) in [5.74, 6) is 1.07. The summed E-state index contributed by atoms with van der Waals surface area (Å²) in [7, 11) is 0. The minimum atomic E-state index is -4.74. The van der Waals surface area contributed by atoms with E-state index in [2.05, 4.69) is 14.7 Å². The zero-order valence-electron chi connectivity index (χ0n) is 14.9. The zero-order valence-corrected chi connectivity index (χ0v) is 16.4. The van der Waals surface area contributed by atoms with Crippen LogP contribution in [-0.4, -0.2) is 28.7 Å². The van der Waals surface area contributed by atoms with Crippen molar-refractivity contribution in [3.05, 3.63) is 58.5 Å². The Morgan fingerprint density at radius 2 is 1.76 bits per heavy atom. The van der Waals surface area contributed by atoms with Crippen LogP contribution >= 0.6 is 23.2 Å². The number of aliphatic imine (C=N–C) groups is 1. The molecule has 1 aromatic heterocycles. The van der Waals surface area contributed by atoms with Crippen molar-refractivity contribution in [3.8, 4) is 5.75 Å². The van der Waals surface area contributed by atoms with Crippen molar-refractivity contribution in [1.82, 2.24) is 9.55 Å². The number of hydrogen-bond acceptors (Lipinski definition) is 4. The molecule has 5 nitrogen and oxygen atoms in total. The van der Waals surface area contributed by atoms with Crippen molar-refractivity contribution in [2.75, 3.05) is 11.4 Å². The van der Waals surface area contributed by atoms with Crippen LogP contribution in [-0.2, 0) is 0 Å². The smallest absolute Gasteiger partial charge is 0.406 e. The number of rotatable bonds is 3. The van der Waals surface area contributed by atoms with Crippen LogP contribution in [0.1, 0.15) is 5.82 Å². The van der Waals surface area contributed by atoms with Gasteiger partial charge in [-0.3, -0.25) is 9.56 Å². The molecular weight excluding hydrogens is 428 g/mol. The van der Waals surface area contributed by atoms with Gasteiger partial charge in [-0.25, -0.2) is 4.98 Å². The molecule has 10 heteroatoms. The fraction of sp³-hybridized carbons (Fsp3) is 0.158. The van der Waals surface area contributed by atoms with E-state index in [9.17, 15) is 13.2 Å². The van der Waals surface area contributed by atoms with Crippen LogP contribution in [0.2, 0.25) is 10.0 Å². The minimum Gasteiger partial charge on any atom is -0.406 e. The second-order valence-electron chi connectivity index (χ2n) is 6.22. The number of fused-ring (bicyclic) bond motifs is 1. The molecule has 0 spiro atoms. The van der Waals surface area contributed by atoms with Crippen LogP contribution in [0.4, 0.5) is 18.9 Å².